The maximum absolute atomic E-state index is 13.0. The summed E-state index contributed by atoms with van der Waals surface area (Å²) in [4.78, 5) is 17.6. The van der Waals surface area contributed by atoms with Crippen molar-refractivity contribution in [3.8, 4) is 23.0 Å². The summed E-state index contributed by atoms with van der Waals surface area (Å²) in [6.45, 7) is 4.25. The third-order valence-corrected chi connectivity index (χ3v) is 5.52. The van der Waals surface area contributed by atoms with E-state index in [0.29, 0.717) is 50.7 Å². The van der Waals surface area contributed by atoms with Crippen molar-refractivity contribution in [1.82, 2.24) is 4.98 Å². The van der Waals surface area contributed by atoms with E-state index in [9.17, 15) is 4.79 Å². The van der Waals surface area contributed by atoms with E-state index >= 15 is 0 Å². The monoisotopic (exact) mass is 450 g/mol. The standard InChI is InChI=1S/C25H23ClN2O4/c1-14(2)15-8-11-20-19(12-15)28-25(32-20)17-13-16(9-10-18(17)26)27-24(29)23-21(30-3)6-5-7-22(23)31-4/h5-14H,1-4H3,(H,27,29). The molecule has 0 saturated heterocycles. The number of methoxy groups -OCH3 is 2. The first-order chi connectivity index (χ1) is 15.4. The Labute approximate surface area is 191 Å². The molecule has 0 saturated carbocycles. The number of benzene rings is 3. The molecule has 7 heteroatoms. The molecule has 3 aromatic carbocycles. The van der Waals surface area contributed by atoms with Crippen molar-refractivity contribution in [3.05, 3.63) is 70.7 Å². The summed E-state index contributed by atoms with van der Waals surface area (Å²) in [6, 6.07) is 16.3. The van der Waals surface area contributed by atoms with Crippen molar-refractivity contribution in [2.24, 2.45) is 0 Å². The molecule has 164 valence electrons. The number of carbonyl (C=O) groups excluding carboxylic acids is 1. The average molecular weight is 451 g/mol. The van der Waals surface area contributed by atoms with Crippen LogP contribution < -0.4 is 14.8 Å². The first-order valence-electron chi connectivity index (χ1n) is 10.1. The third-order valence-electron chi connectivity index (χ3n) is 5.19. The van der Waals surface area contributed by atoms with Gasteiger partial charge in [-0.2, -0.15) is 0 Å². The van der Waals surface area contributed by atoms with E-state index in [1.165, 1.54) is 19.8 Å². The lowest BCUT2D eigenvalue weighted by Gasteiger charge is -2.13. The molecule has 0 aliphatic rings. The smallest absolute Gasteiger partial charge is 0.263 e. The van der Waals surface area contributed by atoms with E-state index in [1.54, 1.807) is 36.4 Å². The number of anilines is 1. The fourth-order valence-corrected chi connectivity index (χ4v) is 3.65. The highest BCUT2D eigenvalue weighted by molar-refractivity contribution is 6.33. The predicted octanol–water partition coefficient (Wildman–Crippen LogP) is 6.54. The molecule has 4 rings (SSSR count). The fourth-order valence-electron chi connectivity index (χ4n) is 3.45. The van der Waals surface area contributed by atoms with Gasteiger partial charge in [-0.3, -0.25) is 4.79 Å². The van der Waals surface area contributed by atoms with Crippen LogP contribution in [0, 0.1) is 0 Å². The van der Waals surface area contributed by atoms with Gasteiger partial charge in [-0.15, -0.1) is 0 Å². The largest absolute Gasteiger partial charge is 0.496 e. The molecule has 0 aliphatic carbocycles. The maximum Gasteiger partial charge on any atom is 0.263 e. The van der Waals surface area contributed by atoms with E-state index < -0.39 is 0 Å². The summed E-state index contributed by atoms with van der Waals surface area (Å²) in [5.41, 5.74) is 4.03. The van der Waals surface area contributed by atoms with Crippen molar-refractivity contribution in [1.29, 1.82) is 0 Å². The van der Waals surface area contributed by atoms with Gasteiger partial charge in [-0.25, -0.2) is 4.98 Å². The quantitative estimate of drug-likeness (QED) is 0.361. The second-order valence-corrected chi connectivity index (χ2v) is 7.99. The number of halogens is 1. The van der Waals surface area contributed by atoms with Crippen LogP contribution in [-0.2, 0) is 0 Å². The summed E-state index contributed by atoms with van der Waals surface area (Å²) in [5.74, 6) is 1.23. The second kappa shape index (κ2) is 8.93. The predicted molar refractivity (Wildman–Crippen MR) is 126 cm³/mol. The summed E-state index contributed by atoms with van der Waals surface area (Å²) in [6.07, 6.45) is 0. The molecular formula is C25H23ClN2O4. The molecule has 0 bridgehead atoms. The number of nitrogens with one attached hydrogen (secondary N) is 1. The minimum Gasteiger partial charge on any atom is -0.496 e. The Morgan fingerprint density at radius 3 is 2.41 bits per heavy atom. The molecule has 1 N–H and O–H groups in total. The zero-order valence-corrected chi connectivity index (χ0v) is 19.0. The van der Waals surface area contributed by atoms with E-state index in [1.807, 2.05) is 18.2 Å². The van der Waals surface area contributed by atoms with Crippen molar-refractivity contribution >= 4 is 34.3 Å². The molecule has 1 heterocycles. The Hall–Kier alpha value is -3.51. The van der Waals surface area contributed by atoms with Crippen LogP contribution in [0.15, 0.2) is 59.0 Å². The molecule has 1 aromatic heterocycles. The van der Waals surface area contributed by atoms with Gasteiger partial charge in [-0.05, 0) is 53.9 Å². The van der Waals surface area contributed by atoms with E-state index in [4.69, 9.17) is 25.5 Å². The molecule has 0 aliphatic heterocycles. The van der Waals surface area contributed by atoms with E-state index in [-0.39, 0.29) is 5.91 Å². The average Bonchev–Trinajstić information content (AvgIpc) is 3.22. The highest BCUT2D eigenvalue weighted by Gasteiger charge is 2.20. The van der Waals surface area contributed by atoms with E-state index in [2.05, 4.69) is 24.1 Å². The van der Waals surface area contributed by atoms with Gasteiger partial charge in [0.15, 0.2) is 5.58 Å². The number of rotatable bonds is 6. The summed E-state index contributed by atoms with van der Waals surface area (Å²) < 4.78 is 16.6. The SMILES string of the molecule is COc1cccc(OC)c1C(=O)Nc1ccc(Cl)c(-c2nc3cc(C(C)C)ccc3o2)c1. The molecule has 0 atom stereocenters. The number of amides is 1. The molecule has 0 radical (unpaired) electrons. The van der Waals surface area contributed by atoms with Gasteiger partial charge in [-0.1, -0.05) is 37.6 Å². The number of carbonyl (C=O) groups is 1. The number of aromatic nitrogens is 1. The van der Waals surface area contributed by atoms with Crippen LogP contribution in [0.25, 0.3) is 22.6 Å². The van der Waals surface area contributed by atoms with Gasteiger partial charge in [0.2, 0.25) is 5.89 Å². The lowest BCUT2D eigenvalue weighted by Crippen LogP contribution is -2.14. The van der Waals surface area contributed by atoms with Gasteiger partial charge in [0.05, 0.1) is 24.8 Å². The maximum atomic E-state index is 13.0. The molecule has 0 unspecified atom stereocenters. The van der Waals surface area contributed by atoms with Crippen LogP contribution in [0.2, 0.25) is 5.02 Å². The molecule has 0 spiro atoms. The van der Waals surface area contributed by atoms with Crippen molar-refractivity contribution < 1.29 is 18.7 Å². The number of nitrogens with zero attached hydrogens (tertiary/aromatic N) is 1. The first kappa shape index (κ1) is 21.7. The van der Waals surface area contributed by atoms with Gasteiger partial charge < -0.3 is 19.2 Å². The summed E-state index contributed by atoms with van der Waals surface area (Å²) in [7, 11) is 3.01. The highest BCUT2D eigenvalue weighted by Crippen LogP contribution is 2.34. The number of hydrogen-bond donors (Lipinski definition) is 1. The lowest BCUT2D eigenvalue weighted by atomic mass is 10.0. The van der Waals surface area contributed by atoms with Gasteiger partial charge >= 0.3 is 0 Å². The number of fused-ring (bicyclic) bond motifs is 1. The van der Waals surface area contributed by atoms with Crippen molar-refractivity contribution in [2.45, 2.75) is 19.8 Å². The molecule has 1 amide bonds. The minimum atomic E-state index is -0.369. The molecule has 32 heavy (non-hydrogen) atoms. The molecule has 0 fully saturated rings. The first-order valence-corrected chi connectivity index (χ1v) is 10.5. The van der Waals surface area contributed by atoms with Crippen LogP contribution in [-0.4, -0.2) is 25.1 Å². The minimum absolute atomic E-state index is 0.303. The normalized spacial score (nSPS) is 11.1. The summed E-state index contributed by atoms with van der Waals surface area (Å²) in [5, 5.41) is 3.34. The van der Waals surface area contributed by atoms with Gasteiger partial charge in [0, 0.05) is 5.69 Å². The topological polar surface area (TPSA) is 73.6 Å². The van der Waals surface area contributed by atoms with Crippen LogP contribution in [0.5, 0.6) is 11.5 Å². The van der Waals surface area contributed by atoms with Crippen LogP contribution in [0.4, 0.5) is 5.69 Å². The number of oxazole rings is 1. The van der Waals surface area contributed by atoms with Gasteiger partial charge in [0.1, 0.15) is 22.6 Å². The number of ether oxygens (including phenoxy) is 2. The van der Waals surface area contributed by atoms with Crippen molar-refractivity contribution in [2.75, 3.05) is 19.5 Å². The Morgan fingerprint density at radius 2 is 1.75 bits per heavy atom. The Balaban J connectivity index is 1.68. The zero-order valence-electron chi connectivity index (χ0n) is 18.2. The Bertz CT molecular complexity index is 1270. The number of hydrogen-bond acceptors (Lipinski definition) is 5. The van der Waals surface area contributed by atoms with Crippen LogP contribution >= 0.6 is 11.6 Å². The Morgan fingerprint density at radius 1 is 1.03 bits per heavy atom. The molecule has 6 nitrogen and oxygen atoms in total. The second-order valence-electron chi connectivity index (χ2n) is 7.59. The van der Waals surface area contributed by atoms with E-state index in [0.717, 1.165) is 5.52 Å². The fraction of sp³-hybridized carbons (Fsp3) is 0.200. The zero-order chi connectivity index (χ0) is 22.8. The molecule has 4 aromatic rings. The Kier molecular flexibility index (Phi) is 6.06. The molecular weight excluding hydrogens is 428 g/mol. The lowest BCUT2D eigenvalue weighted by molar-refractivity contribution is 0.102. The highest BCUT2D eigenvalue weighted by atomic mass is 35.5. The van der Waals surface area contributed by atoms with Crippen LogP contribution in [0.1, 0.15) is 35.7 Å². The summed E-state index contributed by atoms with van der Waals surface area (Å²) >= 11 is 6.44. The third kappa shape index (κ3) is 4.14. The van der Waals surface area contributed by atoms with Crippen LogP contribution in [0.3, 0.4) is 0 Å². The van der Waals surface area contributed by atoms with Gasteiger partial charge in [0.25, 0.3) is 5.91 Å². The van der Waals surface area contributed by atoms with Crippen molar-refractivity contribution in [3.63, 3.8) is 0 Å².